The SMILES string of the molecule is CSCCN=C(NCCc1ccco1)N1CCN(S(=O)(=O)CCOC(C)C)CC1.I. The second-order valence-corrected chi connectivity index (χ2v) is 10.1. The molecule has 1 aromatic heterocycles. The van der Waals surface area contributed by atoms with Crippen molar-refractivity contribution in [1.29, 1.82) is 0 Å². The number of nitrogens with zero attached hydrogens (tertiary/aromatic N) is 3. The van der Waals surface area contributed by atoms with Gasteiger partial charge in [-0.25, -0.2) is 8.42 Å². The van der Waals surface area contributed by atoms with Gasteiger partial charge in [0.05, 0.1) is 31.3 Å². The second kappa shape index (κ2) is 14.5. The number of hydrogen-bond acceptors (Lipinski definition) is 6. The lowest BCUT2D eigenvalue weighted by Crippen LogP contribution is -2.54. The van der Waals surface area contributed by atoms with Crippen molar-refractivity contribution < 1.29 is 17.6 Å². The van der Waals surface area contributed by atoms with Crippen molar-refractivity contribution in [3.63, 3.8) is 0 Å². The number of halogens is 1. The first-order valence-electron chi connectivity index (χ1n) is 10.1. The molecule has 0 radical (unpaired) electrons. The summed E-state index contributed by atoms with van der Waals surface area (Å²) < 4.78 is 37.4. The van der Waals surface area contributed by atoms with Gasteiger partial charge in [0.25, 0.3) is 0 Å². The Morgan fingerprint density at radius 3 is 2.67 bits per heavy atom. The summed E-state index contributed by atoms with van der Waals surface area (Å²) in [5.74, 6) is 2.75. The van der Waals surface area contributed by atoms with Gasteiger partial charge in [0.2, 0.25) is 10.0 Å². The number of furan rings is 1. The molecule has 0 amide bonds. The fourth-order valence-corrected chi connectivity index (χ4v) is 4.52. The van der Waals surface area contributed by atoms with Crippen LogP contribution in [0.4, 0.5) is 0 Å². The first-order valence-corrected chi connectivity index (χ1v) is 13.1. The average Bonchev–Trinajstić information content (AvgIpc) is 3.20. The highest BCUT2D eigenvalue weighted by Gasteiger charge is 2.28. The van der Waals surface area contributed by atoms with Crippen LogP contribution in [0.5, 0.6) is 0 Å². The minimum Gasteiger partial charge on any atom is -0.469 e. The van der Waals surface area contributed by atoms with E-state index in [0.717, 1.165) is 37.0 Å². The maximum Gasteiger partial charge on any atom is 0.216 e. The molecule has 0 spiro atoms. The van der Waals surface area contributed by atoms with Crippen molar-refractivity contribution in [1.82, 2.24) is 14.5 Å². The number of guanidine groups is 1. The molecule has 1 saturated heterocycles. The number of nitrogens with one attached hydrogen (secondary N) is 1. The average molecular weight is 575 g/mol. The van der Waals surface area contributed by atoms with Gasteiger partial charge in [0.15, 0.2) is 5.96 Å². The number of aliphatic imine (C=N–C) groups is 1. The van der Waals surface area contributed by atoms with Crippen molar-refractivity contribution >= 4 is 51.7 Å². The molecule has 0 bridgehead atoms. The molecule has 8 nitrogen and oxygen atoms in total. The highest BCUT2D eigenvalue weighted by molar-refractivity contribution is 14.0. The molecule has 30 heavy (non-hydrogen) atoms. The van der Waals surface area contributed by atoms with Gasteiger partial charge in [-0.15, -0.1) is 24.0 Å². The van der Waals surface area contributed by atoms with E-state index in [1.165, 1.54) is 0 Å². The Labute approximate surface area is 202 Å². The van der Waals surface area contributed by atoms with Crippen LogP contribution < -0.4 is 5.32 Å². The predicted octanol–water partition coefficient (Wildman–Crippen LogP) is 2.12. The zero-order chi connectivity index (χ0) is 21.1. The van der Waals surface area contributed by atoms with E-state index in [1.807, 2.05) is 26.0 Å². The molecule has 11 heteroatoms. The van der Waals surface area contributed by atoms with Crippen molar-refractivity contribution in [2.45, 2.75) is 26.4 Å². The summed E-state index contributed by atoms with van der Waals surface area (Å²) in [7, 11) is -3.29. The number of ether oxygens (including phenoxy) is 1. The van der Waals surface area contributed by atoms with Gasteiger partial charge in [-0.05, 0) is 32.2 Å². The molecule has 174 valence electrons. The number of thioether (sulfide) groups is 1. The second-order valence-electron chi connectivity index (χ2n) is 7.08. The molecule has 2 rings (SSSR count). The zero-order valence-corrected chi connectivity index (χ0v) is 22.0. The molecule has 0 saturated carbocycles. The first kappa shape index (κ1) is 27.5. The van der Waals surface area contributed by atoms with Gasteiger partial charge in [-0.2, -0.15) is 16.1 Å². The van der Waals surface area contributed by atoms with E-state index in [0.29, 0.717) is 26.2 Å². The van der Waals surface area contributed by atoms with Crippen LogP contribution in [0.1, 0.15) is 19.6 Å². The molecule has 1 aliphatic heterocycles. The fraction of sp³-hybridized carbons (Fsp3) is 0.737. The van der Waals surface area contributed by atoms with Gasteiger partial charge in [-0.3, -0.25) is 4.99 Å². The third-order valence-corrected chi connectivity index (χ3v) is 6.94. The summed E-state index contributed by atoms with van der Waals surface area (Å²) in [4.78, 5) is 6.84. The molecule has 0 unspecified atom stereocenters. The maximum absolute atomic E-state index is 12.5. The predicted molar refractivity (Wildman–Crippen MR) is 135 cm³/mol. The van der Waals surface area contributed by atoms with E-state index in [-0.39, 0.29) is 42.4 Å². The Hall–Kier alpha value is -0.500. The Morgan fingerprint density at radius 1 is 1.33 bits per heavy atom. The third-order valence-electron chi connectivity index (χ3n) is 4.52. The van der Waals surface area contributed by atoms with E-state index in [4.69, 9.17) is 14.1 Å². The summed E-state index contributed by atoms with van der Waals surface area (Å²) in [5.41, 5.74) is 0. The van der Waals surface area contributed by atoms with E-state index in [1.54, 1.807) is 22.3 Å². The standard InChI is InChI=1S/C19H34N4O4S2.HI/c1-17(2)26-14-16-29(24,25)23-11-9-22(10-12-23)19(21-8-15-28-3)20-7-6-18-5-4-13-27-18;/h4-5,13,17H,6-12,14-16H2,1-3H3,(H,20,21);1H. The van der Waals surface area contributed by atoms with E-state index in [9.17, 15) is 8.42 Å². The van der Waals surface area contributed by atoms with Crippen molar-refractivity contribution in [2.24, 2.45) is 4.99 Å². The van der Waals surface area contributed by atoms with Gasteiger partial charge < -0.3 is 19.4 Å². The zero-order valence-electron chi connectivity index (χ0n) is 18.1. The van der Waals surface area contributed by atoms with Crippen LogP contribution in [0.25, 0.3) is 0 Å². The Bertz CT molecular complexity index is 706. The monoisotopic (exact) mass is 574 g/mol. The van der Waals surface area contributed by atoms with Crippen molar-refractivity contribution in [3.8, 4) is 0 Å². The number of hydrogen-bond donors (Lipinski definition) is 1. The van der Waals surface area contributed by atoms with Crippen LogP contribution in [-0.4, -0.2) is 93.3 Å². The smallest absolute Gasteiger partial charge is 0.216 e. The normalized spacial score (nSPS) is 16.0. The largest absolute Gasteiger partial charge is 0.469 e. The lowest BCUT2D eigenvalue weighted by Gasteiger charge is -2.36. The van der Waals surface area contributed by atoms with Gasteiger partial charge in [0.1, 0.15) is 5.76 Å². The molecule has 2 heterocycles. The number of piperazine rings is 1. The highest BCUT2D eigenvalue weighted by Crippen LogP contribution is 2.09. The van der Waals surface area contributed by atoms with E-state index in [2.05, 4.69) is 16.5 Å². The van der Waals surface area contributed by atoms with E-state index < -0.39 is 10.0 Å². The third kappa shape index (κ3) is 9.75. The minimum atomic E-state index is -3.29. The molecule has 0 aliphatic carbocycles. The van der Waals surface area contributed by atoms with Crippen LogP contribution >= 0.6 is 35.7 Å². The molecule has 0 aromatic carbocycles. The molecule has 1 aromatic rings. The van der Waals surface area contributed by atoms with Gasteiger partial charge in [-0.1, -0.05) is 0 Å². The summed E-state index contributed by atoms with van der Waals surface area (Å²) in [5, 5.41) is 3.41. The van der Waals surface area contributed by atoms with Crippen molar-refractivity contribution in [2.75, 3.05) is 63.6 Å². The van der Waals surface area contributed by atoms with Crippen LogP contribution in [-0.2, 0) is 21.2 Å². The van der Waals surface area contributed by atoms with Crippen LogP contribution in [0, 0.1) is 0 Å². The lowest BCUT2D eigenvalue weighted by atomic mass is 10.3. The molecule has 1 aliphatic rings. The molecule has 0 atom stereocenters. The number of rotatable bonds is 11. The Morgan fingerprint density at radius 2 is 2.07 bits per heavy atom. The van der Waals surface area contributed by atoms with E-state index >= 15 is 0 Å². The topological polar surface area (TPSA) is 87.4 Å². The minimum absolute atomic E-state index is 0. The van der Waals surface area contributed by atoms with Crippen LogP contribution in [0.3, 0.4) is 0 Å². The molecular formula is C19H35IN4O4S2. The lowest BCUT2D eigenvalue weighted by molar-refractivity contribution is 0.0904. The molecule has 1 N–H and O–H groups in total. The first-order chi connectivity index (χ1) is 13.9. The number of sulfonamides is 1. The quantitative estimate of drug-likeness (QED) is 0.188. The molecule has 1 fully saturated rings. The summed E-state index contributed by atoms with van der Waals surface area (Å²) in [6.45, 7) is 7.66. The Balaban J connectivity index is 0.00000450. The van der Waals surface area contributed by atoms with Crippen LogP contribution in [0.2, 0.25) is 0 Å². The summed E-state index contributed by atoms with van der Waals surface area (Å²) >= 11 is 1.76. The van der Waals surface area contributed by atoms with Crippen LogP contribution in [0.15, 0.2) is 27.8 Å². The summed E-state index contributed by atoms with van der Waals surface area (Å²) in [6, 6.07) is 3.84. The Kier molecular flexibility index (Phi) is 13.3. The van der Waals surface area contributed by atoms with Gasteiger partial charge >= 0.3 is 0 Å². The fourth-order valence-electron chi connectivity index (χ4n) is 2.96. The maximum atomic E-state index is 12.5. The van der Waals surface area contributed by atoms with Crippen molar-refractivity contribution in [3.05, 3.63) is 24.2 Å². The molecular weight excluding hydrogens is 539 g/mol. The summed E-state index contributed by atoms with van der Waals surface area (Å²) in [6.07, 6.45) is 4.55. The highest BCUT2D eigenvalue weighted by atomic mass is 127. The van der Waals surface area contributed by atoms with Gasteiger partial charge in [0, 0.05) is 44.9 Å².